The van der Waals surface area contributed by atoms with Crippen molar-refractivity contribution in [1.82, 2.24) is 15.0 Å². The third-order valence-electron chi connectivity index (χ3n) is 4.51. The van der Waals surface area contributed by atoms with Gasteiger partial charge in [-0.05, 0) is 43.0 Å². The van der Waals surface area contributed by atoms with Gasteiger partial charge < -0.3 is 14.4 Å². The molecule has 0 aliphatic carbocycles. The molecule has 25 heavy (non-hydrogen) atoms. The number of carboxylic acid groups (broad SMARTS) is 1. The van der Waals surface area contributed by atoms with Gasteiger partial charge in [0.05, 0.1) is 18.7 Å². The molecule has 0 bridgehead atoms. The number of ether oxygens (including phenoxy) is 1. The summed E-state index contributed by atoms with van der Waals surface area (Å²) in [6.07, 6.45) is 2.76. The maximum absolute atomic E-state index is 11.2. The van der Waals surface area contributed by atoms with E-state index in [1.54, 1.807) is 19.2 Å². The maximum atomic E-state index is 11.2. The third kappa shape index (κ3) is 4.64. The molecule has 1 aliphatic rings. The normalized spacial score (nSPS) is 18.4. The van der Waals surface area contributed by atoms with Crippen molar-refractivity contribution in [2.75, 3.05) is 26.8 Å². The highest BCUT2D eigenvalue weighted by Crippen LogP contribution is 2.28. The SMILES string of the molecule is COCCc1noc(CN2CCC[C@H](c3cccc(C(=O)O)c3)C2)n1. The quantitative estimate of drug-likeness (QED) is 0.824. The number of rotatable bonds is 7. The molecule has 1 atom stereocenters. The minimum Gasteiger partial charge on any atom is -0.478 e. The van der Waals surface area contributed by atoms with Gasteiger partial charge in [0.15, 0.2) is 5.82 Å². The zero-order valence-electron chi connectivity index (χ0n) is 14.4. The van der Waals surface area contributed by atoms with Crippen LogP contribution in [0.5, 0.6) is 0 Å². The molecule has 1 aliphatic heterocycles. The van der Waals surface area contributed by atoms with E-state index in [1.807, 2.05) is 12.1 Å². The monoisotopic (exact) mass is 345 g/mol. The summed E-state index contributed by atoms with van der Waals surface area (Å²) in [7, 11) is 1.65. The number of carbonyl (C=O) groups is 1. The lowest BCUT2D eigenvalue weighted by Crippen LogP contribution is -2.34. The summed E-state index contributed by atoms with van der Waals surface area (Å²) in [5, 5.41) is 13.1. The molecule has 1 aromatic heterocycles. The largest absolute Gasteiger partial charge is 0.478 e. The summed E-state index contributed by atoms with van der Waals surface area (Å²) in [5.41, 5.74) is 1.42. The standard InChI is InChI=1S/C18H23N3O4/c1-24-9-7-16-19-17(25-20-16)12-21-8-3-6-15(11-21)13-4-2-5-14(10-13)18(22)23/h2,4-5,10,15H,3,6-9,11-12H2,1H3,(H,22,23)/t15-/m0/s1. The second-order valence-corrected chi connectivity index (χ2v) is 6.35. The molecule has 2 heterocycles. The number of hydrogen-bond acceptors (Lipinski definition) is 6. The predicted octanol–water partition coefficient (Wildman–Crippen LogP) is 2.34. The molecular formula is C18H23N3O4. The summed E-state index contributed by atoms with van der Waals surface area (Å²) in [6.45, 7) is 3.03. The third-order valence-corrected chi connectivity index (χ3v) is 4.51. The Hall–Kier alpha value is -2.25. The first-order valence-electron chi connectivity index (χ1n) is 8.51. The number of benzene rings is 1. The molecule has 0 spiro atoms. The Morgan fingerprint density at radius 1 is 1.48 bits per heavy atom. The minimum atomic E-state index is -0.885. The van der Waals surface area contributed by atoms with Crippen LogP contribution in [-0.2, 0) is 17.7 Å². The lowest BCUT2D eigenvalue weighted by atomic mass is 9.89. The molecule has 1 fully saturated rings. The molecule has 1 saturated heterocycles. The van der Waals surface area contributed by atoms with Gasteiger partial charge in [-0.2, -0.15) is 4.98 Å². The van der Waals surface area contributed by atoms with E-state index in [-0.39, 0.29) is 0 Å². The summed E-state index contributed by atoms with van der Waals surface area (Å²) in [4.78, 5) is 17.9. The van der Waals surface area contributed by atoms with Crippen molar-refractivity contribution in [2.45, 2.75) is 31.7 Å². The fourth-order valence-electron chi connectivity index (χ4n) is 3.24. The van der Waals surface area contributed by atoms with Crippen LogP contribution in [0.1, 0.15) is 46.4 Å². The Labute approximate surface area is 146 Å². The molecular weight excluding hydrogens is 322 g/mol. The number of likely N-dealkylation sites (tertiary alicyclic amines) is 1. The predicted molar refractivity (Wildman–Crippen MR) is 90.5 cm³/mol. The van der Waals surface area contributed by atoms with Crippen LogP contribution < -0.4 is 0 Å². The Kier molecular flexibility index (Phi) is 5.78. The Morgan fingerprint density at radius 2 is 2.36 bits per heavy atom. The lowest BCUT2D eigenvalue weighted by Gasteiger charge is -2.32. The number of aromatic nitrogens is 2. The van der Waals surface area contributed by atoms with E-state index in [4.69, 9.17) is 9.26 Å². The van der Waals surface area contributed by atoms with Gasteiger partial charge in [-0.25, -0.2) is 4.79 Å². The van der Waals surface area contributed by atoms with Crippen LogP contribution in [-0.4, -0.2) is 52.9 Å². The molecule has 2 aromatic rings. The van der Waals surface area contributed by atoms with Gasteiger partial charge in [0.25, 0.3) is 0 Å². The topological polar surface area (TPSA) is 88.7 Å². The molecule has 0 unspecified atom stereocenters. The van der Waals surface area contributed by atoms with Crippen molar-refractivity contribution in [3.05, 3.63) is 47.1 Å². The van der Waals surface area contributed by atoms with Gasteiger partial charge in [-0.15, -0.1) is 0 Å². The first-order valence-corrected chi connectivity index (χ1v) is 8.51. The van der Waals surface area contributed by atoms with Gasteiger partial charge >= 0.3 is 5.97 Å². The number of piperidine rings is 1. The molecule has 7 nitrogen and oxygen atoms in total. The van der Waals surface area contributed by atoms with Crippen molar-refractivity contribution in [2.24, 2.45) is 0 Å². The van der Waals surface area contributed by atoms with Crippen molar-refractivity contribution in [3.63, 3.8) is 0 Å². The van der Waals surface area contributed by atoms with E-state index in [0.717, 1.165) is 31.5 Å². The van der Waals surface area contributed by atoms with Gasteiger partial charge in [-0.3, -0.25) is 4.90 Å². The van der Waals surface area contributed by atoms with Crippen LogP contribution in [0.4, 0.5) is 0 Å². The molecule has 3 rings (SSSR count). The van der Waals surface area contributed by atoms with Gasteiger partial charge in [0.2, 0.25) is 5.89 Å². The summed E-state index contributed by atoms with van der Waals surface area (Å²) in [6, 6.07) is 7.24. The molecule has 7 heteroatoms. The Balaban J connectivity index is 1.62. The number of nitrogens with zero attached hydrogens (tertiary/aromatic N) is 3. The average Bonchev–Trinajstić information content (AvgIpc) is 3.07. The minimum absolute atomic E-state index is 0.323. The van der Waals surface area contributed by atoms with E-state index < -0.39 is 5.97 Å². The van der Waals surface area contributed by atoms with Crippen LogP contribution in [0.3, 0.4) is 0 Å². The molecule has 0 radical (unpaired) electrons. The first kappa shape index (κ1) is 17.6. The molecule has 0 saturated carbocycles. The van der Waals surface area contributed by atoms with E-state index in [9.17, 15) is 9.90 Å². The fourth-order valence-corrected chi connectivity index (χ4v) is 3.24. The molecule has 0 amide bonds. The fraction of sp³-hybridized carbons (Fsp3) is 0.500. The Bertz CT molecular complexity index is 716. The van der Waals surface area contributed by atoms with E-state index in [0.29, 0.717) is 42.8 Å². The van der Waals surface area contributed by atoms with E-state index in [1.165, 1.54) is 0 Å². The summed E-state index contributed by atoms with van der Waals surface area (Å²) < 4.78 is 10.3. The number of hydrogen-bond donors (Lipinski definition) is 1. The highest BCUT2D eigenvalue weighted by Gasteiger charge is 2.23. The smallest absolute Gasteiger partial charge is 0.335 e. The molecule has 1 aromatic carbocycles. The number of carboxylic acids is 1. The molecule has 134 valence electrons. The van der Waals surface area contributed by atoms with Crippen LogP contribution in [0.25, 0.3) is 0 Å². The van der Waals surface area contributed by atoms with Crippen molar-refractivity contribution in [3.8, 4) is 0 Å². The summed E-state index contributed by atoms with van der Waals surface area (Å²) >= 11 is 0. The van der Waals surface area contributed by atoms with Gasteiger partial charge in [-0.1, -0.05) is 17.3 Å². The van der Waals surface area contributed by atoms with Crippen LogP contribution >= 0.6 is 0 Å². The number of methoxy groups -OCH3 is 1. The second kappa shape index (κ2) is 8.22. The second-order valence-electron chi connectivity index (χ2n) is 6.35. The lowest BCUT2D eigenvalue weighted by molar-refractivity contribution is 0.0696. The van der Waals surface area contributed by atoms with Crippen LogP contribution in [0.2, 0.25) is 0 Å². The van der Waals surface area contributed by atoms with Crippen molar-refractivity contribution < 1.29 is 19.2 Å². The van der Waals surface area contributed by atoms with Crippen molar-refractivity contribution >= 4 is 5.97 Å². The van der Waals surface area contributed by atoms with Gasteiger partial charge in [0.1, 0.15) is 0 Å². The van der Waals surface area contributed by atoms with Crippen LogP contribution in [0.15, 0.2) is 28.8 Å². The zero-order chi connectivity index (χ0) is 17.6. The zero-order valence-corrected chi connectivity index (χ0v) is 14.4. The highest BCUT2D eigenvalue weighted by molar-refractivity contribution is 5.87. The number of aromatic carboxylic acids is 1. The van der Waals surface area contributed by atoms with E-state index in [2.05, 4.69) is 15.0 Å². The van der Waals surface area contributed by atoms with Crippen LogP contribution in [0, 0.1) is 0 Å². The Morgan fingerprint density at radius 3 is 3.16 bits per heavy atom. The van der Waals surface area contributed by atoms with Crippen molar-refractivity contribution in [1.29, 1.82) is 0 Å². The molecule has 1 N–H and O–H groups in total. The van der Waals surface area contributed by atoms with Gasteiger partial charge in [0, 0.05) is 20.1 Å². The first-order chi connectivity index (χ1) is 12.2. The maximum Gasteiger partial charge on any atom is 0.335 e. The average molecular weight is 345 g/mol. The highest BCUT2D eigenvalue weighted by atomic mass is 16.5. The summed E-state index contributed by atoms with van der Waals surface area (Å²) in [5.74, 6) is 0.721. The van der Waals surface area contributed by atoms with E-state index >= 15 is 0 Å².